The molecule has 2 rings (SSSR count). The van der Waals surface area contributed by atoms with Crippen LogP contribution in [-0.4, -0.2) is 79.9 Å². The summed E-state index contributed by atoms with van der Waals surface area (Å²) in [5.41, 5.74) is -0.0399. The van der Waals surface area contributed by atoms with Crippen molar-refractivity contribution < 1.29 is 9.53 Å². The molecule has 0 radical (unpaired) electrons. The third kappa shape index (κ3) is 6.22. The first-order valence-electron chi connectivity index (χ1n) is 9.46. The topological polar surface area (TPSA) is 56.8 Å². The van der Waals surface area contributed by atoms with Crippen LogP contribution >= 0.6 is 0 Å². The highest BCUT2D eigenvalue weighted by atomic mass is 16.5. The average Bonchev–Trinajstić information content (AvgIpc) is 2.55. The quantitative estimate of drug-likeness (QED) is 0.770. The van der Waals surface area contributed by atoms with Gasteiger partial charge in [0.1, 0.15) is 0 Å². The fourth-order valence-electron chi connectivity index (χ4n) is 3.59. The molecule has 2 N–H and O–H groups in total. The second-order valence-electron chi connectivity index (χ2n) is 8.21. The maximum absolute atomic E-state index is 12.2. The SMILES string of the molecule is CC(C)CN1CCC(NC(=O)NCC(C)(C)N2CCOCC2)CC1. The lowest BCUT2D eigenvalue weighted by Crippen LogP contribution is -2.57. The van der Waals surface area contributed by atoms with Crippen molar-refractivity contribution in [3.63, 3.8) is 0 Å². The Bertz CT molecular complexity index is 386. The van der Waals surface area contributed by atoms with E-state index in [0.29, 0.717) is 18.5 Å². The van der Waals surface area contributed by atoms with E-state index in [9.17, 15) is 4.79 Å². The first-order chi connectivity index (χ1) is 11.4. The maximum Gasteiger partial charge on any atom is 0.315 e. The Hall–Kier alpha value is -0.850. The largest absolute Gasteiger partial charge is 0.379 e. The van der Waals surface area contributed by atoms with Crippen LogP contribution in [0.1, 0.15) is 40.5 Å². The molecule has 2 saturated heterocycles. The molecule has 6 nitrogen and oxygen atoms in total. The van der Waals surface area contributed by atoms with E-state index in [1.807, 2.05) is 0 Å². The van der Waals surface area contributed by atoms with Gasteiger partial charge in [0.25, 0.3) is 0 Å². The lowest BCUT2D eigenvalue weighted by Gasteiger charge is -2.41. The van der Waals surface area contributed by atoms with Gasteiger partial charge in [0.2, 0.25) is 0 Å². The molecule has 0 aromatic rings. The molecule has 0 saturated carbocycles. The van der Waals surface area contributed by atoms with Crippen molar-refractivity contribution in [1.29, 1.82) is 0 Å². The summed E-state index contributed by atoms with van der Waals surface area (Å²) in [5.74, 6) is 0.709. The van der Waals surface area contributed by atoms with Gasteiger partial charge in [0.15, 0.2) is 0 Å². The zero-order valence-electron chi connectivity index (χ0n) is 15.9. The van der Waals surface area contributed by atoms with E-state index in [4.69, 9.17) is 4.74 Å². The predicted octanol–water partition coefficient (Wildman–Crippen LogP) is 1.52. The molecular weight excluding hydrogens is 304 g/mol. The molecule has 2 aliphatic heterocycles. The van der Waals surface area contributed by atoms with Gasteiger partial charge in [-0.1, -0.05) is 13.8 Å². The molecule has 0 spiro atoms. The summed E-state index contributed by atoms with van der Waals surface area (Å²) in [6.07, 6.45) is 2.10. The fourth-order valence-corrected chi connectivity index (χ4v) is 3.59. The minimum Gasteiger partial charge on any atom is -0.379 e. The number of hydrogen-bond acceptors (Lipinski definition) is 4. The van der Waals surface area contributed by atoms with Crippen LogP contribution in [0.2, 0.25) is 0 Å². The van der Waals surface area contributed by atoms with E-state index in [1.54, 1.807) is 0 Å². The Morgan fingerprint density at radius 2 is 1.79 bits per heavy atom. The van der Waals surface area contributed by atoms with Crippen LogP contribution in [0.5, 0.6) is 0 Å². The van der Waals surface area contributed by atoms with Gasteiger partial charge in [-0.05, 0) is 32.6 Å². The van der Waals surface area contributed by atoms with Crippen molar-refractivity contribution in [1.82, 2.24) is 20.4 Å². The van der Waals surface area contributed by atoms with Gasteiger partial charge in [0, 0.05) is 50.8 Å². The molecule has 0 unspecified atom stereocenters. The lowest BCUT2D eigenvalue weighted by molar-refractivity contribution is -0.00878. The van der Waals surface area contributed by atoms with E-state index in [1.165, 1.54) is 0 Å². The number of likely N-dealkylation sites (tertiary alicyclic amines) is 1. The second kappa shape index (κ2) is 9.02. The van der Waals surface area contributed by atoms with E-state index < -0.39 is 0 Å². The molecule has 2 amide bonds. The Morgan fingerprint density at radius 1 is 1.17 bits per heavy atom. The summed E-state index contributed by atoms with van der Waals surface area (Å²) >= 11 is 0. The summed E-state index contributed by atoms with van der Waals surface area (Å²) < 4.78 is 5.41. The van der Waals surface area contributed by atoms with Gasteiger partial charge >= 0.3 is 6.03 Å². The van der Waals surface area contributed by atoms with Crippen molar-refractivity contribution in [2.24, 2.45) is 5.92 Å². The number of carbonyl (C=O) groups is 1. The minimum absolute atomic E-state index is 0.0290. The Morgan fingerprint density at radius 3 is 2.38 bits per heavy atom. The zero-order chi connectivity index (χ0) is 17.6. The molecule has 2 fully saturated rings. The van der Waals surface area contributed by atoms with E-state index in [2.05, 4.69) is 48.1 Å². The number of ether oxygens (including phenoxy) is 1. The van der Waals surface area contributed by atoms with Crippen molar-refractivity contribution in [2.45, 2.75) is 52.1 Å². The van der Waals surface area contributed by atoms with E-state index in [0.717, 1.165) is 58.8 Å². The standard InChI is InChI=1S/C18H36N4O2/c1-15(2)13-21-7-5-16(6-8-21)20-17(23)19-14-18(3,4)22-9-11-24-12-10-22/h15-16H,5-14H2,1-4H3,(H2,19,20,23). The zero-order valence-corrected chi connectivity index (χ0v) is 15.9. The van der Waals surface area contributed by atoms with Crippen LogP contribution in [0.3, 0.4) is 0 Å². The van der Waals surface area contributed by atoms with Gasteiger partial charge in [0.05, 0.1) is 13.2 Å². The van der Waals surface area contributed by atoms with Crippen molar-refractivity contribution in [3.05, 3.63) is 0 Å². The molecule has 0 atom stereocenters. The number of nitrogens with zero attached hydrogens (tertiary/aromatic N) is 2. The van der Waals surface area contributed by atoms with E-state index >= 15 is 0 Å². The number of rotatable bonds is 6. The number of urea groups is 1. The second-order valence-corrected chi connectivity index (χ2v) is 8.21. The van der Waals surface area contributed by atoms with Gasteiger partial charge in [-0.25, -0.2) is 4.79 Å². The summed E-state index contributed by atoms with van der Waals surface area (Å²) in [5, 5.41) is 6.21. The number of morpholine rings is 1. The molecule has 6 heteroatoms. The van der Waals surface area contributed by atoms with Crippen LogP contribution in [0.4, 0.5) is 4.79 Å². The van der Waals surface area contributed by atoms with Crippen LogP contribution < -0.4 is 10.6 Å². The number of piperidine rings is 1. The summed E-state index contributed by atoms with van der Waals surface area (Å²) in [6, 6.07) is 0.276. The van der Waals surface area contributed by atoms with Gasteiger partial charge < -0.3 is 20.3 Å². The Balaban J connectivity index is 1.66. The number of hydrogen-bond donors (Lipinski definition) is 2. The molecular formula is C18H36N4O2. The number of nitrogens with one attached hydrogen (secondary N) is 2. The van der Waals surface area contributed by atoms with Crippen LogP contribution in [0, 0.1) is 5.92 Å². The Labute approximate surface area is 147 Å². The first-order valence-corrected chi connectivity index (χ1v) is 9.46. The maximum atomic E-state index is 12.2. The molecule has 140 valence electrons. The summed E-state index contributed by atoms with van der Waals surface area (Å²) in [4.78, 5) is 17.1. The van der Waals surface area contributed by atoms with Crippen molar-refractivity contribution in [3.8, 4) is 0 Å². The van der Waals surface area contributed by atoms with Crippen molar-refractivity contribution >= 4 is 6.03 Å². The lowest BCUT2D eigenvalue weighted by atomic mass is 10.0. The van der Waals surface area contributed by atoms with Gasteiger partial charge in [-0.15, -0.1) is 0 Å². The highest BCUT2D eigenvalue weighted by Crippen LogP contribution is 2.15. The summed E-state index contributed by atoms with van der Waals surface area (Å²) in [6.45, 7) is 16.3. The highest BCUT2D eigenvalue weighted by Gasteiger charge is 2.29. The van der Waals surface area contributed by atoms with Gasteiger partial charge in [-0.2, -0.15) is 0 Å². The smallest absolute Gasteiger partial charge is 0.315 e. The van der Waals surface area contributed by atoms with Crippen LogP contribution in [0.25, 0.3) is 0 Å². The molecule has 24 heavy (non-hydrogen) atoms. The van der Waals surface area contributed by atoms with Gasteiger partial charge in [-0.3, -0.25) is 4.90 Å². The van der Waals surface area contributed by atoms with Crippen LogP contribution in [-0.2, 0) is 4.74 Å². The predicted molar refractivity (Wildman–Crippen MR) is 97.3 cm³/mol. The third-order valence-corrected chi connectivity index (χ3v) is 5.09. The molecule has 0 aromatic carbocycles. The van der Waals surface area contributed by atoms with Crippen LogP contribution in [0.15, 0.2) is 0 Å². The molecule has 0 aromatic heterocycles. The highest BCUT2D eigenvalue weighted by molar-refractivity contribution is 5.74. The van der Waals surface area contributed by atoms with Crippen molar-refractivity contribution in [2.75, 3.05) is 52.5 Å². The molecule has 2 heterocycles. The average molecular weight is 341 g/mol. The number of carbonyl (C=O) groups excluding carboxylic acids is 1. The molecule has 0 bridgehead atoms. The monoisotopic (exact) mass is 340 g/mol. The Kier molecular flexibility index (Phi) is 7.32. The fraction of sp³-hybridized carbons (Fsp3) is 0.944. The summed E-state index contributed by atoms with van der Waals surface area (Å²) in [7, 11) is 0. The minimum atomic E-state index is -0.0399. The first kappa shape index (κ1) is 19.5. The third-order valence-electron chi connectivity index (χ3n) is 5.09. The molecule has 2 aliphatic rings. The number of amides is 2. The molecule has 0 aliphatic carbocycles. The normalized spacial score (nSPS) is 21.9. The van der Waals surface area contributed by atoms with E-state index in [-0.39, 0.29) is 11.6 Å².